The van der Waals surface area contributed by atoms with Crippen molar-refractivity contribution in [1.29, 1.82) is 0 Å². The Bertz CT molecular complexity index is 275. The van der Waals surface area contributed by atoms with Gasteiger partial charge in [0.15, 0.2) is 0 Å². The predicted molar refractivity (Wildman–Crippen MR) is 48.7 cm³/mol. The molecule has 4 heteroatoms. The van der Waals surface area contributed by atoms with Crippen molar-refractivity contribution in [3.05, 3.63) is 33.0 Å². The third-order valence-electron chi connectivity index (χ3n) is 1.21. The minimum absolute atomic E-state index is 0.248. The van der Waals surface area contributed by atoms with Crippen LogP contribution in [0.3, 0.4) is 0 Å². The summed E-state index contributed by atoms with van der Waals surface area (Å²) in [7, 11) is 0. The molecule has 0 saturated carbocycles. The molecule has 1 aromatic carbocycles. The molecule has 0 fully saturated rings. The zero-order valence-electron chi connectivity index (χ0n) is 5.37. The van der Waals surface area contributed by atoms with E-state index < -0.39 is 0 Å². The Morgan fingerprint density at radius 2 is 2.09 bits per heavy atom. The van der Waals surface area contributed by atoms with Crippen LogP contribution in [0.4, 0.5) is 4.39 Å². The molecule has 0 nitrogen and oxygen atoms in total. The van der Waals surface area contributed by atoms with E-state index in [4.69, 9.17) is 23.2 Å². The third-order valence-corrected chi connectivity index (χ3v) is 2.61. The monoisotopic (exact) mass is 256 g/mol. The molecule has 0 heterocycles. The van der Waals surface area contributed by atoms with Crippen LogP contribution in [0.15, 0.2) is 16.6 Å². The Balaban J connectivity index is 3.24. The van der Waals surface area contributed by atoms with Crippen molar-refractivity contribution < 1.29 is 4.39 Å². The smallest absolute Gasteiger partial charge is 0.139 e. The molecule has 0 aliphatic heterocycles. The Morgan fingerprint density at radius 3 is 2.64 bits per heavy atom. The van der Waals surface area contributed by atoms with E-state index in [1.54, 1.807) is 6.07 Å². The average Bonchev–Trinajstić information content (AvgIpc) is 1.96. The van der Waals surface area contributed by atoms with Crippen LogP contribution < -0.4 is 0 Å². The van der Waals surface area contributed by atoms with Crippen molar-refractivity contribution in [2.24, 2.45) is 0 Å². The van der Waals surface area contributed by atoms with Gasteiger partial charge in [0.05, 0.1) is 4.47 Å². The topological polar surface area (TPSA) is 0 Å². The largest absolute Gasteiger partial charge is 0.206 e. The van der Waals surface area contributed by atoms with Gasteiger partial charge in [0.1, 0.15) is 5.82 Å². The van der Waals surface area contributed by atoms with Crippen LogP contribution >= 0.6 is 39.1 Å². The van der Waals surface area contributed by atoms with Crippen LogP contribution in [0.5, 0.6) is 0 Å². The van der Waals surface area contributed by atoms with Gasteiger partial charge in [-0.15, -0.1) is 11.6 Å². The quantitative estimate of drug-likeness (QED) is 0.527. The van der Waals surface area contributed by atoms with Crippen LogP contribution in [0.1, 0.15) is 5.56 Å². The summed E-state index contributed by atoms with van der Waals surface area (Å²) in [5.41, 5.74) is 0.664. The Hall–Kier alpha value is 0.210. The van der Waals surface area contributed by atoms with Gasteiger partial charge in [-0.05, 0) is 33.6 Å². The van der Waals surface area contributed by atoms with E-state index in [-0.39, 0.29) is 11.7 Å². The summed E-state index contributed by atoms with van der Waals surface area (Å²) >= 11 is 14.2. The van der Waals surface area contributed by atoms with Crippen molar-refractivity contribution in [3.8, 4) is 0 Å². The summed E-state index contributed by atoms with van der Waals surface area (Å²) < 4.78 is 13.2. The van der Waals surface area contributed by atoms with E-state index in [0.717, 1.165) is 0 Å². The van der Waals surface area contributed by atoms with Crippen LogP contribution in [0.25, 0.3) is 0 Å². The fraction of sp³-hybridized carbons (Fsp3) is 0.143. The molecule has 60 valence electrons. The molecule has 11 heavy (non-hydrogen) atoms. The fourth-order valence-corrected chi connectivity index (χ4v) is 1.68. The molecule has 0 radical (unpaired) electrons. The van der Waals surface area contributed by atoms with Gasteiger partial charge >= 0.3 is 0 Å². The second kappa shape index (κ2) is 3.74. The Morgan fingerprint density at radius 1 is 1.45 bits per heavy atom. The summed E-state index contributed by atoms with van der Waals surface area (Å²) in [6.45, 7) is 0. The summed E-state index contributed by atoms with van der Waals surface area (Å²) in [6, 6.07) is 2.86. The minimum Gasteiger partial charge on any atom is -0.206 e. The molecule has 1 aromatic rings. The van der Waals surface area contributed by atoms with Crippen LogP contribution in [-0.4, -0.2) is 0 Å². The Labute approximate surface area is 82.4 Å². The van der Waals surface area contributed by atoms with Gasteiger partial charge in [0, 0.05) is 10.9 Å². The third kappa shape index (κ3) is 2.08. The van der Waals surface area contributed by atoms with Gasteiger partial charge in [0.2, 0.25) is 0 Å². The highest BCUT2D eigenvalue weighted by Gasteiger charge is 2.05. The first-order valence-electron chi connectivity index (χ1n) is 2.84. The molecule has 0 aliphatic rings. The SMILES string of the molecule is Fc1cc(Cl)cc(CCl)c1Br. The van der Waals surface area contributed by atoms with Gasteiger partial charge in [0.25, 0.3) is 0 Å². The van der Waals surface area contributed by atoms with Crippen molar-refractivity contribution in [1.82, 2.24) is 0 Å². The van der Waals surface area contributed by atoms with Gasteiger partial charge in [-0.25, -0.2) is 4.39 Å². The molecular formula is C7H4BrCl2F. The summed E-state index contributed by atoms with van der Waals surface area (Å²) in [5.74, 6) is -0.133. The molecule has 0 spiro atoms. The van der Waals surface area contributed by atoms with Crippen LogP contribution in [-0.2, 0) is 5.88 Å². The predicted octanol–water partition coefficient (Wildman–Crippen LogP) is 3.98. The molecule has 0 N–H and O–H groups in total. The zero-order chi connectivity index (χ0) is 8.43. The first kappa shape index (κ1) is 9.30. The Kier molecular flexibility index (Phi) is 3.16. The molecule has 0 aromatic heterocycles. The van der Waals surface area contributed by atoms with Gasteiger partial charge in [-0.1, -0.05) is 11.6 Å². The standard InChI is InChI=1S/C7H4BrCl2F/c8-7-4(3-9)1-5(10)2-6(7)11/h1-2H,3H2. The summed E-state index contributed by atoms with van der Waals surface area (Å²) in [6.07, 6.45) is 0. The maximum Gasteiger partial charge on any atom is 0.139 e. The highest BCUT2D eigenvalue weighted by Crippen LogP contribution is 2.25. The zero-order valence-corrected chi connectivity index (χ0v) is 8.47. The molecule has 0 atom stereocenters. The van der Waals surface area contributed by atoms with Gasteiger partial charge in [-0.3, -0.25) is 0 Å². The second-order valence-corrected chi connectivity index (χ2v) is 3.49. The summed E-state index contributed by atoms with van der Waals surface area (Å²) in [4.78, 5) is 0. The maximum atomic E-state index is 12.8. The van der Waals surface area contributed by atoms with Gasteiger partial charge in [-0.2, -0.15) is 0 Å². The van der Waals surface area contributed by atoms with E-state index in [9.17, 15) is 4.39 Å². The van der Waals surface area contributed by atoms with E-state index in [1.807, 2.05) is 0 Å². The number of benzene rings is 1. The number of halogens is 4. The van der Waals surface area contributed by atoms with Gasteiger partial charge < -0.3 is 0 Å². The van der Waals surface area contributed by atoms with Crippen molar-refractivity contribution in [2.45, 2.75) is 5.88 Å². The van der Waals surface area contributed by atoms with E-state index in [2.05, 4.69) is 15.9 Å². The molecule has 0 saturated heterocycles. The normalized spacial score (nSPS) is 10.2. The average molecular weight is 258 g/mol. The molecule has 1 rings (SSSR count). The van der Waals surface area contributed by atoms with Crippen LogP contribution in [0, 0.1) is 5.82 Å². The first-order valence-corrected chi connectivity index (χ1v) is 4.55. The number of hydrogen-bond donors (Lipinski definition) is 0. The molecular weight excluding hydrogens is 254 g/mol. The molecule has 0 amide bonds. The number of alkyl halides is 1. The lowest BCUT2D eigenvalue weighted by molar-refractivity contribution is 0.619. The van der Waals surface area contributed by atoms with Crippen molar-refractivity contribution in [3.63, 3.8) is 0 Å². The highest BCUT2D eigenvalue weighted by atomic mass is 79.9. The second-order valence-electron chi connectivity index (χ2n) is 1.99. The lowest BCUT2D eigenvalue weighted by atomic mass is 10.2. The highest BCUT2D eigenvalue weighted by molar-refractivity contribution is 9.10. The minimum atomic E-state index is -0.381. The van der Waals surface area contributed by atoms with Crippen LogP contribution in [0.2, 0.25) is 5.02 Å². The summed E-state index contributed by atoms with van der Waals surface area (Å²) in [5, 5.41) is 0.362. The van der Waals surface area contributed by atoms with E-state index in [0.29, 0.717) is 15.1 Å². The molecule has 0 aliphatic carbocycles. The lowest BCUT2D eigenvalue weighted by Gasteiger charge is -2.01. The molecule has 0 bridgehead atoms. The van der Waals surface area contributed by atoms with Crippen molar-refractivity contribution >= 4 is 39.1 Å². The number of hydrogen-bond acceptors (Lipinski definition) is 0. The molecule has 0 unspecified atom stereocenters. The first-order chi connectivity index (χ1) is 5.15. The number of rotatable bonds is 1. The van der Waals surface area contributed by atoms with E-state index in [1.165, 1.54) is 6.07 Å². The fourth-order valence-electron chi connectivity index (χ4n) is 0.707. The lowest BCUT2D eigenvalue weighted by Crippen LogP contribution is -1.85. The van der Waals surface area contributed by atoms with Crippen molar-refractivity contribution in [2.75, 3.05) is 0 Å². The maximum absolute atomic E-state index is 12.8. The van der Waals surface area contributed by atoms with E-state index >= 15 is 0 Å².